The van der Waals surface area contributed by atoms with Gasteiger partial charge < -0.3 is 14.6 Å². The van der Waals surface area contributed by atoms with Crippen LogP contribution >= 0.6 is 0 Å². The first-order chi connectivity index (χ1) is 9.42. The first-order valence-corrected chi connectivity index (χ1v) is 6.58. The average molecular weight is 284 g/mol. The van der Waals surface area contributed by atoms with Crippen LogP contribution in [0.15, 0.2) is 25.3 Å². The second-order valence-electron chi connectivity index (χ2n) is 4.64. The molecule has 0 rings (SSSR count). The summed E-state index contributed by atoms with van der Waals surface area (Å²) in [6.07, 6.45) is 2.11. The van der Waals surface area contributed by atoms with Crippen molar-refractivity contribution in [2.75, 3.05) is 7.11 Å². The Morgan fingerprint density at radius 2 is 1.95 bits per heavy atom. The van der Waals surface area contributed by atoms with E-state index in [9.17, 15) is 14.7 Å². The summed E-state index contributed by atoms with van der Waals surface area (Å²) < 4.78 is 10.3. The number of aliphatic hydroxyl groups excluding tert-OH is 1. The van der Waals surface area contributed by atoms with Crippen molar-refractivity contribution in [3.63, 3.8) is 0 Å². The van der Waals surface area contributed by atoms with Gasteiger partial charge in [-0.1, -0.05) is 12.2 Å². The number of Topliss-reactive ketones (excluding diaryl/α,β-unsaturated/α-hetero) is 1. The Labute approximate surface area is 120 Å². The second-order valence-corrected chi connectivity index (χ2v) is 4.64. The normalized spacial score (nSPS) is 14.9. The Kier molecular flexibility index (Phi) is 9.59. The third-order valence-electron chi connectivity index (χ3n) is 2.74. The van der Waals surface area contributed by atoms with E-state index in [0.29, 0.717) is 12.8 Å². The van der Waals surface area contributed by atoms with Gasteiger partial charge in [-0.3, -0.25) is 9.59 Å². The number of hydrogen-bond acceptors (Lipinski definition) is 5. The highest BCUT2D eigenvalue weighted by atomic mass is 16.5. The van der Waals surface area contributed by atoms with E-state index in [0.717, 1.165) is 0 Å². The van der Waals surface area contributed by atoms with Crippen molar-refractivity contribution >= 4 is 11.8 Å². The maximum absolute atomic E-state index is 11.5. The maximum atomic E-state index is 11.5. The van der Waals surface area contributed by atoms with Crippen molar-refractivity contribution in [1.29, 1.82) is 0 Å². The quantitative estimate of drug-likeness (QED) is 0.462. The molecule has 114 valence electrons. The topological polar surface area (TPSA) is 72.8 Å². The van der Waals surface area contributed by atoms with Crippen LogP contribution < -0.4 is 0 Å². The molecule has 0 fully saturated rings. The lowest BCUT2D eigenvalue weighted by atomic mass is 10.1. The number of allylic oxidation sites excluding steroid dienone is 1. The van der Waals surface area contributed by atoms with Crippen LogP contribution in [0.2, 0.25) is 0 Å². The number of aliphatic hydroxyl groups is 1. The van der Waals surface area contributed by atoms with Gasteiger partial charge in [0.1, 0.15) is 11.9 Å². The fourth-order valence-electron chi connectivity index (χ4n) is 1.71. The van der Waals surface area contributed by atoms with Crippen LogP contribution in [0.5, 0.6) is 0 Å². The number of methoxy groups -OCH3 is 1. The van der Waals surface area contributed by atoms with Gasteiger partial charge in [0, 0.05) is 26.4 Å². The lowest BCUT2D eigenvalue weighted by Crippen LogP contribution is -2.25. The molecule has 0 aromatic carbocycles. The highest BCUT2D eigenvalue weighted by Gasteiger charge is 2.19. The second kappa shape index (κ2) is 10.3. The van der Waals surface area contributed by atoms with Crippen molar-refractivity contribution in [2.45, 2.75) is 50.9 Å². The summed E-state index contributed by atoms with van der Waals surface area (Å²) in [5.74, 6) is -0.468. The molecule has 0 radical (unpaired) electrons. The molecule has 5 nitrogen and oxygen atoms in total. The number of esters is 1. The third kappa shape index (κ3) is 8.61. The Morgan fingerprint density at radius 3 is 2.45 bits per heavy atom. The van der Waals surface area contributed by atoms with Crippen molar-refractivity contribution < 1.29 is 24.2 Å². The van der Waals surface area contributed by atoms with Crippen molar-refractivity contribution in [2.24, 2.45) is 0 Å². The summed E-state index contributed by atoms with van der Waals surface area (Å²) >= 11 is 0. The number of ether oxygens (including phenoxy) is 2. The van der Waals surface area contributed by atoms with E-state index in [4.69, 9.17) is 9.47 Å². The number of carbonyl (C=O) groups excluding carboxylic acids is 2. The fraction of sp³-hybridized carbons (Fsp3) is 0.600. The van der Waals surface area contributed by atoms with Crippen LogP contribution in [0.4, 0.5) is 0 Å². The van der Waals surface area contributed by atoms with Gasteiger partial charge in [-0.15, -0.1) is 13.2 Å². The van der Waals surface area contributed by atoms with Crippen molar-refractivity contribution in [3.05, 3.63) is 25.3 Å². The van der Waals surface area contributed by atoms with Gasteiger partial charge in [-0.05, 0) is 6.92 Å². The minimum Gasteiger partial charge on any atom is -0.462 e. The van der Waals surface area contributed by atoms with Crippen LogP contribution in [0, 0.1) is 0 Å². The molecule has 0 unspecified atom stereocenters. The Hall–Kier alpha value is -1.46. The SMILES string of the molecule is C=CCC(=O)C[C@H](C[C@@H](C)OC(=O)C[C@H](O)C=C)OC. The van der Waals surface area contributed by atoms with Crippen LogP contribution in [-0.2, 0) is 19.1 Å². The lowest BCUT2D eigenvalue weighted by molar-refractivity contribution is -0.151. The van der Waals surface area contributed by atoms with E-state index in [2.05, 4.69) is 13.2 Å². The molecule has 0 aliphatic heterocycles. The van der Waals surface area contributed by atoms with E-state index in [1.165, 1.54) is 13.2 Å². The zero-order valence-electron chi connectivity index (χ0n) is 12.2. The van der Waals surface area contributed by atoms with Crippen LogP contribution in [-0.4, -0.2) is 42.3 Å². The molecule has 0 aliphatic carbocycles. The van der Waals surface area contributed by atoms with Gasteiger partial charge in [-0.25, -0.2) is 0 Å². The molecular weight excluding hydrogens is 260 g/mol. The van der Waals surface area contributed by atoms with E-state index in [-0.39, 0.29) is 30.8 Å². The van der Waals surface area contributed by atoms with Gasteiger partial charge in [0.05, 0.1) is 18.6 Å². The molecule has 0 bridgehead atoms. The van der Waals surface area contributed by atoms with Gasteiger partial charge >= 0.3 is 5.97 Å². The molecule has 5 heteroatoms. The van der Waals surface area contributed by atoms with E-state index in [1.807, 2.05) is 0 Å². The molecule has 0 saturated carbocycles. The molecular formula is C15H24O5. The first-order valence-electron chi connectivity index (χ1n) is 6.58. The number of ketones is 1. The van der Waals surface area contributed by atoms with Gasteiger partial charge in [0.2, 0.25) is 0 Å². The monoisotopic (exact) mass is 284 g/mol. The van der Waals surface area contributed by atoms with E-state index < -0.39 is 12.1 Å². The third-order valence-corrected chi connectivity index (χ3v) is 2.74. The van der Waals surface area contributed by atoms with Crippen LogP contribution in [0.1, 0.15) is 32.6 Å². The minimum atomic E-state index is -0.901. The minimum absolute atomic E-state index is 0.0347. The molecule has 3 atom stereocenters. The van der Waals surface area contributed by atoms with Crippen molar-refractivity contribution in [1.82, 2.24) is 0 Å². The average Bonchev–Trinajstić information content (AvgIpc) is 2.37. The number of hydrogen-bond donors (Lipinski definition) is 1. The molecule has 1 N–H and O–H groups in total. The van der Waals surface area contributed by atoms with Crippen molar-refractivity contribution in [3.8, 4) is 0 Å². The van der Waals surface area contributed by atoms with Crippen LogP contribution in [0.3, 0.4) is 0 Å². The number of carbonyl (C=O) groups is 2. The molecule has 0 spiro atoms. The van der Waals surface area contributed by atoms with Gasteiger partial charge in [0.25, 0.3) is 0 Å². The maximum Gasteiger partial charge on any atom is 0.309 e. The lowest BCUT2D eigenvalue weighted by Gasteiger charge is -2.20. The standard InChI is InChI=1S/C15H24O5/c1-5-7-13(17)9-14(19-4)8-11(3)20-15(18)10-12(16)6-2/h5-6,11-12,14,16H,1-2,7-10H2,3-4H3/t11-,12-,14+/m1/s1. The highest BCUT2D eigenvalue weighted by Crippen LogP contribution is 2.12. The largest absolute Gasteiger partial charge is 0.462 e. The molecule has 0 aromatic heterocycles. The molecule has 20 heavy (non-hydrogen) atoms. The van der Waals surface area contributed by atoms with E-state index in [1.54, 1.807) is 13.0 Å². The zero-order chi connectivity index (χ0) is 15.5. The van der Waals surface area contributed by atoms with E-state index >= 15 is 0 Å². The summed E-state index contributed by atoms with van der Waals surface area (Å²) in [4.78, 5) is 23.0. The summed E-state index contributed by atoms with van der Waals surface area (Å²) in [6.45, 7) is 8.61. The predicted molar refractivity (Wildman–Crippen MR) is 76.2 cm³/mol. The fourth-order valence-corrected chi connectivity index (χ4v) is 1.71. The van der Waals surface area contributed by atoms with Gasteiger partial charge in [-0.2, -0.15) is 0 Å². The highest BCUT2D eigenvalue weighted by molar-refractivity contribution is 5.80. The predicted octanol–water partition coefficient (Wildman–Crippen LogP) is 1.80. The smallest absolute Gasteiger partial charge is 0.309 e. The Balaban J connectivity index is 4.17. The summed E-state index contributed by atoms with van der Waals surface area (Å²) in [5.41, 5.74) is 0. The summed E-state index contributed by atoms with van der Waals surface area (Å²) in [6, 6.07) is 0. The van der Waals surface area contributed by atoms with Crippen LogP contribution in [0.25, 0.3) is 0 Å². The molecule has 0 aromatic rings. The van der Waals surface area contributed by atoms with Gasteiger partial charge in [0.15, 0.2) is 0 Å². The zero-order valence-corrected chi connectivity index (χ0v) is 12.2. The molecule has 0 aliphatic rings. The summed E-state index contributed by atoms with van der Waals surface area (Å²) in [7, 11) is 1.52. The first kappa shape index (κ1) is 18.5. The molecule has 0 saturated heterocycles. The summed E-state index contributed by atoms with van der Waals surface area (Å²) in [5, 5.41) is 9.25. The molecule has 0 amide bonds. The molecule has 0 heterocycles. The number of rotatable bonds is 11. The Bertz CT molecular complexity index is 337. The Morgan fingerprint density at radius 1 is 1.30 bits per heavy atom.